The van der Waals surface area contributed by atoms with Gasteiger partial charge in [-0.3, -0.25) is 10.1 Å². The minimum atomic E-state index is -0.369. The van der Waals surface area contributed by atoms with Gasteiger partial charge in [0.25, 0.3) is 5.69 Å². The Labute approximate surface area is 124 Å². The Bertz CT molecular complexity index is 608. The Morgan fingerprint density at radius 3 is 2.43 bits per heavy atom. The van der Waals surface area contributed by atoms with Crippen molar-refractivity contribution < 1.29 is 4.92 Å². The lowest BCUT2D eigenvalue weighted by molar-refractivity contribution is -0.384. The number of hydrogen-bond donors (Lipinski definition) is 1. The van der Waals surface area contributed by atoms with Crippen LogP contribution in [0.4, 0.5) is 5.69 Å². The largest absolute Gasteiger partial charge is 0.330 e. The minimum Gasteiger partial charge on any atom is -0.330 e. The van der Waals surface area contributed by atoms with Crippen molar-refractivity contribution in [2.75, 3.05) is 6.54 Å². The second-order valence-electron chi connectivity index (χ2n) is 5.11. The average molecular weight is 284 g/mol. The molecule has 0 saturated heterocycles. The lowest BCUT2D eigenvalue weighted by Gasteiger charge is -2.14. The van der Waals surface area contributed by atoms with Crippen LogP contribution in [-0.4, -0.2) is 11.5 Å². The topological polar surface area (TPSA) is 69.2 Å². The van der Waals surface area contributed by atoms with E-state index in [1.807, 2.05) is 18.2 Å². The zero-order valence-corrected chi connectivity index (χ0v) is 12.2. The molecule has 0 aliphatic carbocycles. The number of nitrogens with two attached hydrogens (primary N) is 1. The van der Waals surface area contributed by atoms with Crippen LogP contribution in [0.2, 0.25) is 0 Å². The number of nitro groups is 1. The molecule has 0 radical (unpaired) electrons. The van der Waals surface area contributed by atoms with Crippen LogP contribution in [-0.2, 0) is 0 Å². The molecule has 2 aromatic carbocycles. The van der Waals surface area contributed by atoms with Crippen LogP contribution in [0.1, 0.15) is 31.2 Å². The first-order valence-corrected chi connectivity index (χ1v) is 7.20. The first-order valence-electron chi connectivity index (χ1n) is 7.20. The van der Waals surface area contributed by atoms with Gasteiger partial charge in [-0.05, 0) is 42.0 Å². The molecular formula is C17H20N2O2. The maximum Gasteiger partial charge on any atom is 0.270 e. The Balaban J connectivity index is 2.26. The minimum absolute atomic E-state index is 0.117. The van der Waals surface area contributed by atoms with Crippen molar-refractivity contribution in [3.63, 3.8) is 0 Å². The zero-order valence-electron chi connectivity index (χ0n) is 12.2. The molecule has 21 heavy (non-hydrogen) atoms. The van der Waals surface area contributed by atoms with Crippen LogP contribution in [0.15, 0.2) is 48.5 Å². The third-order valence-corrected chi connectivity index (χ3v) is 3.78. The van der Waals surface area contributed by atoms with Gasteiger partial charge in [0.05, 0.1) is 4.92 Å². The standard InChI is InChI=1S/C17H20N2O2/c1-2-13(10-11-18)14-6-8-15(9-7-14)16-4-3-5-17(12-16)19(20)21/h3-9,12-13H,2,10-11,18H2,1H3. The highest BCUT2D eigenvalue weighted by molar-refractivity contribution is 5.66. The second kappa shape index (κ2) is 6.99. The van der Waals surface area contributed by atoms with Crippen molar-refractivity contribution in [3.05, 3.63) is 64.2 Å². The fourth-order valence-corrected chi connectivity index (χ4v) is 2.55. The summed E-state index contributed by atoms with van der Waals surface area (Å²) >= 11 is 0. The normalized spacial score (nSPS) is 12.1. The summed E-state index contributed by atoms with van der Waals surface area (Å²) in [6.07, 6.45) is 2.04. The summed E-state index contributed by atoms with van der Waals surface area (Å²) in [4.78, 5) is 10.5. The Morgan fingerprint density at radius 1 is 1.14 bits per heavy atom. The van der Waals surface area contributed by atoms with E-state index in [1.165, 1.54) is 11.6 Å². The van der Waals surface area contributed by atoms with Gasteiger partial charge < -0.3 is 5.73 Å². The number of rotatable bonds is 6. The van der Waals surface area contributed by atoms with E-state index in [4.69, 9.17) is 5.73 Å². The summed E-state index contributed by atoms with van der Waals surface area (Å²) in [5.41, 5.74) is 8.89. The van der Waals surface area contributed by atoms with Gasteiger partial charge in [0, 0.05) is 12.1 Å². The van der Waals surface area contributed by atoms with Crippen molar-refractivity contribution in [3.8, 4) is 11.1 Å². The number of hydrogen-bond acceptors (Lipinski definition) is 3. The molecule has 0 heterocycles. The predicted octanol–water partition coefficient (Wildman–Crippen LogP) is 4.10. The van der Waals surface area contributed by atoms with Gasteiger partial charge >= 0.3 is 0 Å². The fraction of sp³-hybridized carbons (Fsp3) is 0.294. The molecule has 4 heteroatoms. The van der Waals surface area contributed by atoms with Gasteiger partial charge in [0.15, 0.2) is 0 Å². The highest BCUT2D eigenvalue weighted by atomic mass is 16.6. The van der Waals surface area contributed by atoms with Crippen LogP contribution < -0.4 is 5.73 Å². The summed E-state index contributed by atoms with van der Waals surface area (Å²) in [6.45, 7) is 2.85. The van der Waals surface area contributed by atoms with Crippen LogP contribution in [0, 0.1) is 10.1 Å². The predicted molar refractivity (Wildman–Crippen MR) is 85.2 cm³/mol. The fourth-order valence-electron chi connectivity index (χ4n) is 2.55. The van der Waals surface area contributed by atoms with Gasteiger partial charge in [-0.25, -0.2) is 0 Å². The van der Waals surface area contributed by atoms with Crippen LogP contribution in [0.5, 0.6) is 0 Å². The lowest BCUT2D eigenvalue weighted by Crippen LogP contribution is -2.06. The number of nitro benzene ring substituents is 1. The summed E-state index contributed by atoms with van der Waals surface area (Å²) in [5.74, 6) is 0.481. The lowest BCUT2D eigenvalue weighted by atomic mass is 9.92. The van der Waals surface area contributed by atoms with E-state index < -0.39 is 0 Å². The molecule has 0 amide bonds. The maximum atomic E-state index is 10.8. The molecule has 0 aliphatic heterocycles. The summed E-state index contributed by atoms with van der Waals surface area (Å²) in [5, 5.41) is 10.8. The van der Waals surface area contributed by atoms with E-state index in [2.05, 4.69) is 19.1 Å². The molecule has 0 saturated carbocycles. The van der Waals surface area contributed by atoms with E-state index in [0.29, 0.717) is 12.5 Å². The molecule has 1 atom stereocenters. The van der Waals surface area contributed by atoms with Crippen molar-refractivity contribution in [2.24, 2.45) is 5.73 Å². The summed E-state index contributed by atoms with van der Waals surface area (Å²) in [7, 11) is 0. The zero-order chi connectivity index (χ0) is 15.2. The number of nitrogens with zero attached hydrogens (tertiary/aromatic N) is 1. The first-order chi connectivity index (χ1) is 10.2. The molecule has 2 aromatic rings. The molecule has 0 fully saturated rings. The first kappa shape index (κ1) is 15.2. The molecule has 2 rings (SSSR count). The molecule has 0 bridgehead atoms. The van der Waals surface area contributed by atoms with Crippen molar-refractivity contribution in [1.29, 1.82) is 0 Å². The van der Waals surface area contributed by atoms with Crippen LogP contribution in [0.3, 0.4) is 0 Å². The third kappa shape index (κ3) is 3.67. The van der Waals surface area contributed by atoms with Crippen LogP contribution in [0.25, 0.3) is 11.1 Å². The molecule has 1 unspecified atom stereocenters. The summed E-state index contributed by atoms with van der Waals surface area (Å²) in [6, 6.07) is 14.9. The van der Waals surface area contributed by atoms with Gasteiger partial charge in [-0.2, -0.15) is 0 Å². The van der Waals surface area contributed by atoms with Gasteiger partial charge in [0.2, 0.25) is 0 Å². The Kier molecular flexibility index (Phi) is 5.06. The molecule has 110 valence electrons. The quantitative estimate of drug-likeness (QED) is 0.641. The van der Waals surface area contributed by atoms with E-state index in [1.54, 1.807) is 12.1 Å². The van der Waals surface area contributed by atoms with E-state index in [0.717, 1.165) is 24.0 Å². The third-order valence-electron chi connectivity index (χ3n) is 3.78. The van der Waals surface area contributed by atoms with Gasteiger partial charge in [-0.15, -0.1) is 0 Å². The molecule has 4 nitrogen and oxygen atoms in total. The van der Waals surface area contributed by atoms with E-state index >= 15 is 0 Å². The summed E-state index contributed by atoms with van der Waals surface area (Å²) < 4.78 is 0. The highest BCUT2D eigenvalue weighted by Crippen LogP contribution is 2.28. The van der Waals surface area contributed by atoms with E-state index in [-0.39, 0.29) is 10.6 Å². The average Bonchev–Trinajstić information content (AvgIpc) is 2.53. The molecule has 0 aliphatic rings. The van der Waals surface area contributed by atoms with E-state index in [9.17, 15) is 10.1 Å². The van der Waals surface area contributed by atoms with Crippen molar-refractivity contribution >= 4 is 5.69 Å². The number of non-ortho nitro benzene ring substituents is 1. The molecule has 0 aromatic heterocycles. The van der Waals surface area contributed by atoms with Crippen molar-refractivity contribution in [1.82, 2.24) is 0 Å². The Morgan fingerprint density at radius 2 is 1.86 bits per heavy atom. The van der Waals surface area contributed by atoms with Gasteiger partial charge in [0.1, 0.15) is 0 Å². The highest BCUT2D eigenvalue weighted by Gasteiger charge is 2.10. The smallest absolute Gasteiger partial charge is 0.270 e. The monoisotopic (exact) mass is 284 g/mol. The Hall–Kier alpha value is -2.20. The second-order valence-corrected chi connectivity index (χ2v) is 5.11. The molecule has 2 N–H and O–H groups in total. The SMILES string of the molecule is CCC(CCN)c1ccc(-c2cccc([N+](=O)[O-])c2)cc1. The maximum absolute atomic E-state index is 10.8. The molecular weight excluding hydrogens is 264 g/mol. The van der Waals surface area contributed by atoms with Crippen molar-refractivity contribution in [2.45, 2.75) is 25.7 Å². The van der Waals surface area contributed by atoms with Crippen LogP contribution >= 0.6 is 0 Å². The van der Waals surface area contributed by atoms with Gasteiger partial charge in [-0.1, -0.05) is 43.3 Å². The molecule has 0 spiro atoms. The number of benzene rings is 2.